The van der Waals surface area contributed by atoms with Crippen LogP contribution in [0.4, 0.5) is 5.13 Å². The first-order valence-electron chi connectivity index (χ1n) is 9.40. The van der Waals surface area contributed by atoms with E-state index >= 15 is 0 Å². The molecule has 0 saturated heterocycles. The summed E-state index contributed by atoms with van der Waals surface area (Å²) in [4.78, 5) is 28.7. The molecular formula is C21H22N4O3S. The summed E-state index contributed by atoms with van der Waals surface area (Å²) in [5, 5.41) is 7.73. The SMILES string of the molecule is Cc1cc(OC2CC2)cc(-c2csc(NC(=O)CNC(=O)c3ccn(C)c3)n2)c1. The summed E-state index contributed by atoms with van der Waals surface area (Å²) in [7, 11) is 1.83. The van der Waals surface area contributed by atoms with Gasteiger partial charge in [0.2, 0.25) is 5.91 Å². The number of ether oxygens (including phenoxy) is 1. The number of anilines is 1. The number of nitrogens with one attached hydrogen (secondary N) is 2. The van der Waals surface area contributed by atoms with Crippen LogP contribution in [0.3, 0.4) is 0 Å². The molecule has 29 heavy (non-hydrogen) atoms. The molecule has 2 amide bonds. The maximum absolute atomic E-state index is 12.2. The molecule has 0 aliphatic heterocycles. The minimum absolute atomic E-state index is 0.119. The normalized spacial score (nSPS) is 13.2. The predicted molar refractivity (Wildman–Crippen MR) is 112 cm³/mol. The lowest BCUT2D eigenvalue weighted by molar-refractivity contribution is -0.115. The Morgan fingerprint density at radius 1 is 1.31 bits per heavy atom. The van der Waals surface area contributed by atoms with E-state index < -0.39 is 0 Å². The zero-order valence-corrected chi connectivity index (χ0v) is 17.1. The number of thiazole rings is 1. The molecule has 3 aromatic rings. The molecule has 7 nitrogen and oxygen atoms in total. The molecule has 2 aromatic heterocycles. The van der Waals surface area contributed by atoms with Crippen LogP contribution in [0.1, 0.15) is 28.8 Å². The van der Waals surface area contributed by atoms with Gasteiger partial charge in [0.15, 0.2) is 5.13 Å². The first-order chi connectivity index (χ1) is 14.0. The van der Waals surface area contributed by atoms with E-state index in [1.807, 2.05) is 37.6 Å². The molecule has 0 bridgehead atoms. The van der Waals surface area contributed by atoms with E-state index in [9.17, 15) is 9.59 Å². The van der Waals surface area contributed by atoms with Gasteiger partial charge in [-0.05, 0) is 49.6 Å². The van der Waals surface area contributed by atoms with Crippen molar-refractivity contribution in [1.82, 2.24) is 14.9 Å². The Balaban J connectivity index is 1.35. The number of aromatic nitrogens is 2. The summed E-state index contributed by atoms with van der Waals surface area (Å²) < 4.78 is 7.67. The third-order valence-corrected chi connectivity index (χ3v) is 5.19. The predicted octanol–water partition coefficient (Wildman–Crippen LogP) is 3.37. The second kappa shape index (κ2) is 8.08. The van der Waals surface area contributed by atoms with E-state index in [0.717, 1.165) is 35.4 Å². The number of carbonyl (C=O) groups excluding carboxylic acids is 2. The summed E-state index contributed by atoms with van der Waals surface area (Å²) >= 11 is 1.34. The fraction of sp³-hybridized carbons (Fsp3) is 0.286. The highest BCUT2D eigenvalue weighted by Crippen LogP contribution is 2.32. The zero-order valence-electron chi connectivity index (χ0n) is 16.3. The molecule has 8 heteroatoms. The maximum Gasteiger partial charge on any atom is 0.253 e. The highest BCUT2D eigenvalue weighted by Gasteiger charge is 2.23. The van der Waals surface area contributed by atoms with Gasteiger partial charge in [0, 0.05) is 30.4 Å². The molecule has 2 heterocycles. The first-order valence-corrected chi connectivity index (χ1v) is 10.3. The van der Waals surface area contributed by atoms with Gasteiger partial charge in [0.1, 0.15) is 5.75 Å². The van der Waals surface area contributed by atoms with E-state index in [4.69, 9.17) is 4.74 Å². The Hall–Kier alpha value is -3.13. The van der Waals surface area contributed by atoms with Crippen molar-refractivity contribution in [1.29, 1.82) is 0 Å². The van der Waals surface area contributed by atoms with Crippen LogP contribution in [0, 0.1) is 6.92 Å². The standard InChI is InChI=1S/C21H22N4O3S/c1-13-7-15(9-17(8-13)28-16-3-4-16)18-12-29-21(23-18)24-19(26)10-22-20(27)14-5-6-25(2)11-14/h5-9,11-12,16H,3-4,10H2,1-2H3,(H,22,27)(H,23,24,26). The number of nitrogens with zero attached hydrogens (tertiary/aromatic N) is 2. The topological polar surface area (TPSA) is 85.3 Å². The highest BCUT2D eigenvalue weighted by molar-refractivity contribution is 7.14. The van der Waals surface area contributed by atoms with Gasteiger partial charge in [-0.15, -0.1) is 11.3 Å². The van der Waals surface area contributed by atoms with Crippen LogP contribution in [-0.4, -0.2) is 34.0 Å². The van der Waals surface area contributed by atoms with E-state index in [-0.39, 0.29) is 18.4 Å². The molecule has 150 valence electrons. The summed E-state index contributed by atoms with van der Waals surface area (Å²) in [6.07, 6.45) is 6.02. The Kier molecular flexibility index (Phi) is 5.35. The molecule has 0 radical (unpaired) electrons. The Bertz CT molecular complexity index is 1050. The summed E-state index contributed by atoms with van der Waals surface area (Å²) in [6.45, 7) is 1.90. The average molecular weight is 410 g/mol. The van der Waals surface area contributed by atoms with E-state index in [2.05, 4.69) is 15.6 Å². The van der Waals surface area contributed by atoms with Crippen LogP contribution in [0.25, 0.3) is 11.3 Å². The summed E-state index contributed by atoms with van der Waals surface area (Å²) in [6, 6.07) is 7.74. The second-order valence-electron chi connectivity index (χ2n) is 7.19. The maximum atomic E-state index is 12.2. The van der Waals surface area contributed by atoms with Gasteiger partial charge in [0.05, 0.1) is 23.9 Å². The lowest BCUT2D eigenvalue weighted by atomic mass is 10.1. The fourth-order valence-corrected chi connectivity index (χ4v) is 3.61. The number of carbonyl (C=O) groups is 2. The number of amides is 2. The average Bonchev–Trinajstić information content (AvgIpc) is 3.18. The Morgan fingerprint density at radius 3 is 2.86 bits per heavy atom. The van der Waals surface area contributed by atoms with Crippen molar-refractivity contribution >= 4 is 28.3 Å². The van der Waals surface area contributed by atoms with E-state index in [0.29, 0.717) is 16.8 Å². The van der Waals surface area contributed by atoms with Crippen LogP contribution < -0.4 is 15.4 Å². The quantitative estimate of drug-likeness (QED) is 0.625. The van der Waals surface area contributed by atoms with Crippen LogP contribution in [0.5, 0.6) is 5.75 Å². The van der Waals surface area contributed by atoms with Gasteiger partial charge in [-0.2, -0.15) is 0 Å². The number of hydrogen-bond donors (Lipinski definition) is 2. The van der Waals surface area contributed by atoms with Gasteiger partial charge in [0.25, 0.3) is 5.91 Å². The van der Waals surface area contributed by atoms with Crippen LogP contribution >= 0.6 is 11.3 Å². The van der Waals surface area contributed by atoms with Gasteiger partial charge in [-0.3, -0.25) is 9.59 Å². The smallest absolute Gasteiger partial charge is 0.253 e. The molecule has 1 aromatic carbocycles. The monoisotopic (exact) mass is 410 g/mol. The molecule has 1 aliphatic rings. The largest absolute Gasteiger partial charge is 0.490 e. The number of rotatable bonds is 7. The molecule has 4 rings (SSSR count). The molecule has 0 spiro atoms. The molecule has 2 N–H and O–H groups in total. The Labute approximate surface area is 172 Å². The molecule has 0 atom stereocenters. The van der Waals surface area contributed by atoms with E-state index in [1.54, 1.807) is 23.0 Å². The van der Waals surface area contributed by atoms with Crippen LogP contribution in [0.15, 0.2) is 42.0 Å². The summed E-state index contributed by atoms with van der Waals surface area (Å²) in [5.41, 5.74) is 3.35. The van der Waals surface area contributed by atoms with Gasteiger partial charge in [-0.1, -0.05) is 0 Å². The lowest BCUT2D eigenvalue weighted by Gasteiger charge is -2.07. The number of aryl methyl sites for hydroxylation is 2. The minimum atomic E-state index is -0.322. The highest BCUT2D eigenvalue weighted by atomic mass is 32.1. The molecule has 1 aliphatic carbocycles. The van der Waals surface area contributed by atoms with Gasteiger partial charge >= 0.3 is 0 Å². The van der Waals surface area contributed by atoms with Crippen molar-refractivity contribution in [2.75, 3.05) is 11.9 Å². The van der Waals surface area contributed by atoms with Crippen LogP contribution in [0.2, 0.25) is 0 Å². The second-order valence-corrected chi connectivity index (χ2v) is 8.04. The fourth-order valence-electron chi connectivity index (χ4n) is 2.87. The lowest BCUT2D eigenvalue weighted by Crippen LogP contribution is -2.32. The summed E-state index contributed by atoms with van der Waals surface area (Å²) in [5.74, 6) is 0.241. The Morgan fingerprint density at radius 2 is 2.14 bits per heavy atom. The van der Waals surface area contributed by atoms with Crippen molar-refractivity contribution in [2.24, 2.45) is 7.05 Å². The van der Waals surface area contributed by atoms with Crippen molar-refractivity contribution in [3.63, 3.8) is 0 Å². The molecule has 1 saturated carbocycles. The number of hydrogen-bond acceptors (Lipinski definition) is 5. The van der Waals surface area contributed by atoms with Crippen molar-refractivity contribution in [3.8, 4) is 17.0 Å². The first kappa shape index (κ1) is 19.2. The van der Waals surface area contributed by atoms with Crippen molar-refractivity contribution < 1.29 is 14.3 Å². The van der Waals surface area contributed by atoms with E-state index in [1.165, 1.54) is 11.3 Å². The third kappa shape index (κ3) is 5.03. The third-order valence-electron chi connectivity index (χ3n) is 4.43. The van der Waals surface area contributed by atoms with Crippen molar-refractivity contribution in [2.45, 2.75) is 25.9 Å². The molecule has 0 unspecified atom stereocenters. The molecule has 1 fully saturated rings. The molecular weight excluding hydrogens is 388 g/mol. The number of benzene rings is 1. The zero-order chi connectivity index (χ0) is 20.4. The van der Waals surface area contributed by atoms with Gasteiger partial charge in [-0.25, -0.2) is 4.98 Å². The van der Waals surface area contributed by atoms with Gasteiger partial charge < -0.3 is 19.9 Å². The minimum Gasteiger partial charge on any atom is -0.490 e. The van der Waals surface area contributed by atoms with Crippen molar-refractivity contribution in [3.05, 3.63) is 53.2 Å². The van der Waals surface area contributed by atoms with Crippen LogP contribution in [-0.2, 0) is 11.8 Å².